The lowest BCUT2D eigenvalue weighted by atomic mass is 10.1. The summed E-state index contributed by atoms with van der Waals surface area (Å²) in [4.78, 5) is 26.4. The summed E-state index contributed by atoms with van der Waals surface area (Å²) < 4.78 is 42.0. The summed E-state index contributed by atoms with van der Waals surface area (Å²) in [5, 5.41) is 8.21. The number of alkyl halides is 3. The summed E-state index contributed by atoms with van der Waals surface area (Å²) in [6, 6.07) is 18.5. The van der Waals surface area contributed by atoms with Crippen LogP contribution in [-0.4, -0.2) is 20.3 Å². The molecule has 0 fully saturated rings. The Morgan fingerprint density at radius 2 is 1.67 bits per heavy atom. The highest BCUT2D eigenvalue weighted by molar-refractivity contribution is 6.07. The number of carbonyl (C=O) groups is 1. The fraction of sp³-hybridized carbons (Fsp3) is 0.148. The molecule has 0 bridgehead atoms. The van der Waals surface area contributed by atoms with E-state index in [0.29, 0.717) is 27.4 Å². The maximum Gasteiger partial charge on any atom is 0.416 e. The monoisotopic (exact) mass is 490 g/mol. The van der Waals surface area contributed by atoms with Gasteiger partial charge >= 0.3 is 6.18 Å². The fourth-order valence-corrected chi connectivity index (χ4v) is 4.30. The normalized spacial score (nSPS) is 12.7. The average molecular weight is 490 g/mol. The van der Waals surface area contributed by atoms with Crippen LogP contribution in [0.3, 0.4) is 0 Å². The number of hydrogen-bond acceptors (Lipinski definition) is 3. The van der Waals surface area contributed by atoms with Crippen LogP contribution in [0.4, 0.5) is 13.2 Å². The molecule has 5 aromatic rings. The highest BCUT2D eigenvalue weighted by Gasteiger charge is 2.30. The van der Waals surface area contributed by atoms with Gasteiger partial charge in [0.15, 0.2) is 0 Å². The van der Waals surface area contributed by atoms with Crippen molar-refractivity contribution in [2.45, 2.75) is 19.1 Å². The van der Waals surface area contributed by atoms with E-state index in [1.165, 1.54) is 21.4 Å². The zero-order chi connectivity index (χ0) is 25.6. The number of halogens is 3. The molecule has 0 aliphatic carbocycles. The van der Waals surface area contributed by atoms with E-state index in [1.54, 1.807) is 31.4 Å². The molecule has 0 radical (unpaired) electrons. The van der Waals surface area contributed by atoms with Crippen LogP contribution in [0, 0.1) is 0 Å². The summed E-state index contributed by atoms with van der Waals surface area (Å²) in [5.41, 5.74) is 1.21. The Balaban J connectivity index is 1.63. The molecule has 0 unspecified atom stereocenters. The molecule has 2 aromatic heterocycles. The largest absolute Gasteiger partial charge is 0.416 e. The number of aromatic nitrogens is 3. The third-order valence-corrected chi connectivity index (χ3v) is 6.12. The molecule has 9 heteroatoms. The second-order valence-electron chi connectivity index (χ2n) is 8.59. The first-order valence-electron chi connectivity index (χ1n) is 11.2. The first kappa shape index (κ1) is 23.3. The van der Waals surface area contributed by atoms with Crippen molar-refractivity contribution in [2.24, 2.45) is 7.05 Å². The summed E-state index contributed by atoms with van der Waals surface area (Å²) in [7, 11) is 1.67. The molecule has 1 N–H and O–H groups in total. The minimum atomic E-state index is -4.49. The van der Waals surface area contributed by atoms with Crippen LogP contribution in [0.25, 0.3) is 27.5 Å². The van der Waals surface area contributed by atoms with E-state index in [-0.39, 0.29) is 17.6 Å². The van der Waals surface area contributed by atoms with E-state index < -0.39 is 17.3 Å². The van der Waals surface area contributed by atoms with Gasteiger partial charge in [-0.05, 0) is 55.0 Å². The van der Waals surface area contributed by atoms with E-state index in [2.05, 4.69) is 10.4 Å². The highest BCUT2D eigenvalue weighted by Crippen LogP contribution is 2.31. The standard InChI is InChI=1S/C27H21F3N4O2/c1-16(17-6-4-3-5-7-17)31-25(35)18-8-13-23-21(14-18)24-22(15-33(2)32-24)26(36)34(23)20-11-9-19(10-12-20)27(28,29)30/h3-16H,1-2H3,(H,31,35)/t16-/m1/s1. The summed E-state index contributed by atoms with van der Waals surface area (Å²) >= 11 is 0. The van der Waals surface area contributed by atoms with Crippen LogP contribution >= 0.6 is 0 Å². The van der Waals surface area contributed by atoms with Crippen LogP contribution in [-0.2, 0) is 13.2 Å². The van der Waals surface area contributed by atoms with Crippen LogP contribution in [0.15, 0.2) is 83.8 Å². The van der Waals surface area contributed by atoms with Gasteiger partial charge in [0, 0.05) is 29.9 Å². The minimum Gasteiger partial charge on any atom is -0.346 e. The lowest BCUT2D eigenvalue weighted by Gasteiger charge is -2.16. The summed E-state index contributed by atoms with van der Waals surface area (Å²) in [5.74, 6) is -0.301. The average Bonchev–Trinajstić information content (AvgIpc) is 3.26. The van der Waals surface area contributed by atoms with Crippen molar-refractivity contribution in [3.63, 3.8) is 0 Å². The Morgan fingerprint density at radius 3 is 2.33 bits per heavy atom. The number of carbonyl (C=O) groups excluding carboxylic acids is 1. The van der Waals surface area contributed by atoms with Gasteiger partial charge in [-0.15, -0.1) is 0 Å². The predicted molar refractivity (Wildman–Crippen MR) is 131 cm³/mol. The molecule has 6 nitrogen and oxygen atoms in total. The number of nitrogens with zero attached hydrogens (tertiary/aromatic N) is 3. The molecule has 5 rings (SSSR count). The van der Waals surface area contributed by atoms with Gasteiger partial charge in [-0.25, -0.2) is 0 Å². The molecule has 0 saturated carbocycles. The van der Waals surface area contributed by atoms with E-state index in [9.17, 15) is 22.8 Å². The number of aryl methyl sites for hydroxylation is 1. The quantitative estimate of drug-likeness (QED) is 0.368. The van der Waals surface area contributed by atoms with Gasteiger partial charge in [-0.1, -0.05) is 30.3 Å². The zero-order valence-corrected chi connectivity index (χ0v) is 19.4. The first-order chi connectivity index (χ1) is 17.1. The number of rotatable bonds is 4. The van der Waals surface area contributed by atoms with E-state index in [0.717, 1.165) is 17.7 Å². The molecule has 0 spiro atoms. The van der Waals surface area contributed by atoms with Crippen LogP contribution in [0.1, 0.15) is 34.5 Å². The van der Waals surface area contributed by atoms with Crippen molar-refractivity contribution >= 4 is 27.7 Å². The van der Waals surface area contributed by atoms with Crippen molar-refractivity contribution in [3.8, 4) is 5.69 Å². The van der Waals surface area contributed by atoms with Gasteiger partial charge in [-0.3, -0.25) is 18.8 Å². The molecule has 36 heavy (non-hydrogen) atoms. The Morgan fingerprint density at radius 1 is 0.972 bits per heavy atom. The SMILES string of the molecule is C[C@@H](NC(=O)c1ccc2c(c1)c1nn(C)cc1c(=O)n2-c1ccc(C(F)(F)F)cc1)c1ccccc1. The molecular formula is C27H21F3N4O2. The Hall–Kier alpha value is -4.40. The molecule has 0 aliphatic heterocycles. The number of nitrogens with one attached hydrogen (secondary N) is 1. The molecule has 3 aromatic carbocycles. The Labute approximate surface area is 203 Å². The predicted octanol–water partition coefficient (Wildman–Crippen LogP) is 5.39. The van der Waals surface area contributed by atoms with E-state index >= 15 is 0 Å². The number of hydrogen-bond donors (Lipinski definition) is 1. The maximum atomic E-state index is 13.4. The molecule has 0 saturated heterocycles. The second-order valence-corrected chi connectivity index (χ2v) is 8.59. The van der Waals surface area contributed by atoms with E-state index in [1.807, 2.05) is 37.3 Å². The smallest absolute Gasteiger partial charge is 0.346 e. The summed E-state index contributed by atoms with van der Waals surface area (Å²) in [6.07, 6.45) is -2.93. The first-order valence-corrected chi connectivity index (χ1v) is 11.2. The third kappa shape index (κ3) is 4.13. The lowest BCUT2D eigenvalue weighted by molar-refractivity contribution is -0.137. The number of amides is 1. The van der Waals surface area contributed by atoms with Crippen LogP contribution < -0.4 is 10.9 Å². The van der Waals surface area contributed by atoms with Gasteiger partial charge in [-0.2, -0.15) is 18.3 Å². The number of fused-ring (bicyclic) bond motifs is 3. The molecule has 0 aliphatic rings. The van der Waals surface area contributed by atoms with Crippen molar-refractivity contribution < 1.29 is 18.0 Å². The van der Waals surface area contributed by atoms with Gasteiger partial charge in [0.2, 0.25) is 0 Å². The van der Waals surface area contributed by atoms with Crippen LogP contribution in [0.2, 0.25) is 0 Å². The Kier molecular flexibility index (Phi) is 5.62. The van der Waals surface area contributed by atoms with Crippen molar-refractivity contribution in [2.75, 3.05) is 0 Å². The van der Waals surface area contributed by atoms with Gasteiger partial charge < -0.3 is 5.32 Å². The second kappa shape index (κ2) is 8.67. The molecular weight excluding hydrogens is 469 g/mol. The zero-order valence-electron chi connectivity index (χ0n) is 19.4. The Bertz CT molecular complexity index is 1650. The molecule has 1 atom stereocenters. The van der Waals surface area contributed by atoms with Crippen molar-refractivity contribution in [1.29, 1.82) is 0 Å². The van der Waals surface area contributed by atoms with Crippen molar-refractivity contribution in [1.82, 2.24) is 19.7 Å². The number of benzene rings is 3. The third-order valence-electron chi connectivity index (χ3n) is 6.12. The van der Waals surface area contributed by atoms with Gasteiger partial charge in [0.25, 0.3) is 11.5 Å². The molecule has 182 valence electrons. The topological polar surface area (TPSA) is 68.9 Å². The maximum absolute atomic E-state index is 13.4. The highest BCUT2D eigenvalue weighted by atomic mass is 19.4. The summed E-state index contributed by atoms with van der Waals surface area (Å²) in [6.45, 7) is 1.88. The lowest BCUT2D eigenvalue weighted by Crippen LogP contribution is -2.26. The van der Waals surface area contributed by atoms with Crippen molar-refractivity contribution in [3.05, 3.63) is 106 Å². The van der Waals surface area contributed by atoms with E-state index in [4.69, 9.17) is 0 Å². The molecule has 1 amide bonds. The minimum absolute atomic E-state index is 0.231. The fourth-order valence-electron chi connectivity index (χ4n) is 4.30. The van der Waals surface area contributed by atoms with Crippen LogP contribution in [0.5, 0.6) is 0 Å². The number of pyridine rings is 1. The van der Waals surface area contributed by atoms with Gasteiger partial charge in [0.1, 0.15) is 5.52 Å². The van der Waals surface area contributed by atoms with Gasteiger partial charge in [0.05, 0.1) is 22.5 Å². The molecule has 2 heterocycles.